The molecular formula is C18H20N2O2. The van der Waals surface area contributed by atoms with Gasteiger partial charge >= 0.3 is 5.97 Å². The van der Waals surface area contributed by atoms with Crippen molar-refractivity contribution in [2.75, 3.05) is 19.0 Å². The molecule has 0 saturated carbocycles. The summed E-state index contributed by atoms with van der Waals surface area (Å²) in [7, 11) is 1.36. The molecule has 0 unspecified atom stereocenters. The summed E-state index contributed by atoms with van der Waals surface area (Å²) in [6.07, 6.45) is 0. The van der Waals surface area contributed by atoms with Gasteiger partial charge in [0.25, 0.3) is 0 Å². The van der Waals surface area contributed by atoms with Gasteiger partial charge in [-0.2, -0.15) is 0 Å². The van der Waals surface area contributed by atoms with Gasteiger partial charge in [0, 0.05) is 16.8 Å². The van der Waals surface area contributed by atoms with Crippen LogP contribution in [0.25, 0.3) is 0 Å². The van der Waals surface area contributed by atoms with Crippen LogP contribution in [0.4, 0.5) is 5.69 Å². The van der Waals surface area contributed by atoms with Crippen LogP contribution < -0.4 is 5.32 Å². The Morgan fingerprint density at radius 2 is 1.73 bits per heavy atom. The third-order valence-electron chi connectivity index (χ3n) is 3.58. The molecule has 0 spiro atoms. The highest BCUT2D eigenvalue weighted by atomic mass is 16.5. The van der Waals surface area contributed by atoms with Gasteiger partial charge in [0.2, 0.25) is 0 Å². The van der Waals surface area contributed by atoms with E-state index in [4.69, 9.17) is 5.41 Å². The molecule has 0 saturated heterocycles. The van der Waals surface area contributed by atoms with Crippen molar-refractivity contribution in [2.24, 2.45) is 0 Å². The molecule has 4 heteroatoms. The Morgan fingerprint density at radius 3 is 2.36 bits per heavy atom. The number of carbonyl (C=O) groups excluding carboxylic acids is 1. The highest BCUT2D eigenvalue weighted by Gasteiger charge is 2.14. The molecular weight excluding hydrogens is 276 g/mol. The van der Waals surface area contributed by atoms with Crippen molar-refractivity contribution in [2.45, 2.75) is 13.8 Å². The predicted molar refractivity (Wildman–Crippen MR) is 88.8 cm³/mol. The summed E-state index contributed by atoms with van der Waals surface area (Å²) in [5, 5.41) is 11.6. The number of anilines is 1. The van der Waals surface area contributed by atoms with Crippen molar-refractivity contribution in [3.8, 4) is 0 Å². The smallest absolute Gasteiger partial charge is 0.325 e. The Hall–Kier alpha value is -2.62. The van der Waals surface area contributed by atoms with Gasteiger partial charge in [0.05, 0.1) is 12.8 Å². The summed E-state index contributed by atoms with van der Waals surface area (Å²) in [6.45, 7) is 4.08. The van der Waals surface area contributed by atoms with Crippen LogP contribution >= 0.6 is 0 Å². The van der Waals surface area contributed by atoms with E-state index < -0.39 is 0 Å². The third kappa shape index (κ3) is 3.34. The maximum absolute atomic E-state index is 11.3. The Morgan fingerprint density at radius 1 is 1.09 bits per heavy atom. The first-order valence-corrected chi connectivity index (χ1v) is 7.09. The molecule has 2 aromatic carbocycles. The molecule has 2 aromatic rings. The van der Waals surface area contributed by atoms with E-state index in [1.54, 1.807) is 0 Å². The monoisotopic (exact) mass is 296 g/mol. The van der Waals surface area contributed by atoms with E-state index in [-0.39, 0.29) is 12.5 Å². The molecule has 0 amide bonds. The first-order valence-electron chi connectivity index (χ1n) is 7.09. The summed E-state index contributed by atoms with van der Waals surface area (Å²) < 4.78 is 4.64. The summed E-state index contributed by atoms with van der Waals surface area (Å²) in [5.41, 5.74) is 5.02. The quantitative estimate of drug-likeness (QED) is 0.657. The largest absolute Gasteiger partial charge is 0.468 e. The summed E-state index contributed by atoms with van der Waals surface area (Å²) in [6, 6.07) is 13.5. The first-order chi connectivity index (χ1) is 10.5. The van der Waals surface area contributed by atoms with Gasteiger partial charge in [-0.3, -0.25) is 10.2 Å². The summed E-state index contributed by atoms with van der Waals surface area (Å²) >= 11 is 0. The number of rotatable bonds is 5. The van der Waals surface area contributed by atoms with Gasteiger partial charge in [-0.05, 0) is 31.0 Å². The van der Waals surface area contributed by atoms with Crippen molar-refractivity contribution in [1.82, 2.24) is 0 Å². The van der Waals surface area contributed by atoms with Crippen LogP contribution in [0.3, 0.4) is 0 Å². The van der Waals surface area contributed by atoms with Crippen molar-refractivity contribution in [3.05, 3.63) is 64.7 Å². The Labute approximate surface area is 130 Å². The molecule has 0 aliphatic carbocycles. The lowest BCUT2D eigenvalue weighted by Crippen LogP contribution is -2.17. The van der Waals surface area contributed by atoms with E-state index in [0.717, 1.165) is 27.9 Å². The van der Waals surface area contributed by atoms with Crippen LogP contribution in [0.2, 0.25) is 0 Å². The number of carbonyl (C=O) groups is 1. The van der Waals surface area contributed by atoms with Crippen LogP contribution in [0.5, 0.6) is 0 Å². The minimum Gasteiger partial charge on any atom is -0.468 e. The molecule has 2 N–H and O–H groups in total. The molecule has 22 heavy (non-hydrogen) atoms. The second kappa shape index (κ2) is 6.89. The van der Waals surface area contributed by atoms with Gasteiger partial charge in [0.15, 0.2) is 0 Å². The van der Waals surface area contributed by atoms with Gasteiger partial charge in [-0.15, -0.1) is 0 Å². The molecule has 2 rings (SSSR count). The molecule has 0 radical (unpaired) electrons. The van der Waals surface area contributed by atoms with Crippen molar-refractivity contribution < 1.29 is 9.53 Å². The fourth-order valence-electron chi connectivity index (χ4n) is 2.44. The average Bonchev–Trinajstić information content (AvgIpc) is 2.52. The zero-order valence-corrected chi connectivity index (χ0v) is 13.1. The molecule has 0 aromatic heterocycles. The van der Waals surface area contributed by atoms with E-state index in [1.165, 1.54) is 7.11 Å². The number of hydrogen-bond donors (Lipinski definition) is 2. The SMILES string of the molecule is COC(=O)CNc1ccccc1C(=N)c1c(C)cccc1C. The van der Waals surface area contributed by atoms with Crippen LogP contribution in [-0.4, -0.2) is 25.3 Å². The highest BCUT2D eigenvalue weighted by Crippen LogP contribution is 2.23. The van der Waals surface area contributed by atoms with E-state index in [1.807, 2.05) is 56.3 Å². The fourth-order valence-corrected chi connectivity index (χ4v) is 2.44. The zero-order valence-electron chi connectivity index (χ0n) is 13.1. The number of nitrogens with one attached hydrogen (secondary N) is 2. The zero-order chi connectivity index (χ0) is 16.1. The first kappa shape index (κ1) is 15.8. The Kier molecular flexibility index (Phi) is 4.94. The lowest BCUT2D eigenvalue weighted by Gasteiger charge is -2.15. The number of esters is 1. The average molecular weight is 296 g/mol. The van der Waals surface area contributed by atoms with Crippen molar-refractivity contribution in [3.63, 3.8) is 0 Å². The number of hydrogen-bond acceptors (Lipinski definition) is 4. The maximum atomic E-state index is 11.3. The molecule has 0 aliphatic rings. The predicted octanol–water partition coefficient (Wildman–Crippen LogP) is 3.30. The summed E-state index contributed by atoms with van der Waals surface area (Å²) in [4.78, 5) is 11.3. The summed E-state index contributed by atoms with van der Waals surface area (Å²) in [5.74, 6) is -0.339. The second-order valence-electron chi connectivity index (χ2n) is 5.12. The lowest BCUT2D eigenvalue weighted by molar-refractivity contribution is -0.138. The molecule has 0 aliphatic heterocycles. The number of ether oxygens (including phenoxy) is 1. The standard InChI is InChI=1S/C18H20N2O2/c1-12-7-6-8-13(2)17(12)18(19)14-9-4-5-10-15(14)20-11-16(21)22-3/h4-10,19-20H,11H2,1-3H3. The molecule has 114 valence electrons. The van der Waals surface area contributed by atoms with Crippen LogP contribution in [0.1, 0.15) is 22.3 Å². The topological polar surface area (TPSA) is 62.2 Å². The van der Waals surface area contributed by atoms with Gasteiger partial charge in [-0.25, -0.2) is 0 Å². The lowest BCUT2D eigenvalue weighted by atomic mass is 9.93. The second-order valence-corrected chi connectivity index (χ2v) is 5.12. The van der Waals surface area contributed by atoms with E-state index in [9.17, 15) is 4.79 Å². The van der Waals surface area contributed by atoms with Crippen LogP contribution in [0.15, 0.2) is 42.5 Å². The van der Waals surface area contributed by atoms with Crippen molar-refractivity contribution >= 4 is 17.4 Å². The minimum atomic E-state index is -0.339. The number of benzene rings is 2. The third-order valence-corrected chi connectivity index (χ3v) is 3.58. The number of methoxy groups -OCH3 is 1. The molecule has 0 heterocycles. The molecule has 4 nitrogen and oxygen atoms in total. The van der Waals surface area contributed by atoms with Gasteiger partial charge in [-0.1, -0.05) is 36.4 Å². The number of aryl methyl sites for hydroxylation is 2. The van der Waals surface area contributed by atoms with E-state index in [2.05, 4.69) is 10.1 Å². The fraction of sp³-hybridized carbons (Fsp3) is 0.222. The van der Waals surface area contributed by atoms with Crippen LogP contribution in [-0.2, 0) is 9.53 Å². The van der Waals surface area contributed by atoms with Gasteiger partial charge in [0.1, 0.15) is 6.54 Å². The molecule has 0 bridgehead atoms. The molecule has 0 fully saturated rings. The minimum absolute atomic E-state index is 0.0769. The van der Waals surface area contributed by atoms with E-state index in [0.29, 0.717) is 5.71 Å². The number of para-hydroxylation sites is 1. The maximum Gasteiger partial charge on any atom is 0.325 e. The highest BCUT2D eigenvalue weighted by molar-refractivity contribution is 6.15. The van der Waals surface area contributed by atoms with E-state index >= 15 is 0 Å². The normalized spacial score (nSPS) is 10.1. The van der Waals surface area contributed by atoms with Crippen LogP contribution in [0, 0.1) is 19.3 Å². The Bertz CT molecular complexity index is 688. The molecule has 0 atom stereocenters. The van der Waals surface area contributed by atoms with Crippen molar-refractivity contribution in [1.29, 1.82) is 5.41 Å². The van der Waals surface area contributed by atoms with Gasteiger partial charge < -0.3 is 10.1 Å². The Balaban J connectivity index is 2.36.